The lowest BCUT2D eigenvalue weighted by Crippen LogP contribution is -2.44. The summed E-state index contributed by atoms with van der Waals surface area (Å²) in [5.41, 5.74) is 0.965. The number of nitrogens with zero attached hydrogens (tertiary/aromatic N) is 1. The molecule has 1 saturated carbocycles. The van der Waals surface area contributed by atoms with E-state index in [4.69, 9.17) is 4.74 Å². The Bertz CT molecular complexity index is 613. The Balaban J connectivity index is 1.28. The number of amides is 1. The predicted molar refractivity (Wildman–Crippen MR) is 107 cm³/mol. The number of nitrogens with one attached hydrogen (secondary N) is 1. The summed E-state index contributed by atoms with van der Waals surface area (Å²) in [7, 11) is 0. The summed E-state index contributed by atoms with van der Waals surface area (Å²) in [4.78, 5) is 14.4. The number of piperidine rings is 1. The molecule has 2 aliphatic rings. The van der Waals surface area contributed by atoms with Gasteiger partial charge in [-0.3, -0.25) is 9.69 Å². The number of benzene rings is 1. The van der Waals surface area contributed by atoms with Gasteiger partial charge in [-0.05, 0) is 49.8 Å². The summed E-state index contributed by atoms with van der Waals surface area (Å²) in [6, 6.07) is 6.51. The lowest BCUT2D eigenvalue weighted by Gasteiger charge is -2.34. The van der Waals surface area contributed by atoms with Gasteiger partial charge in [-0.25, -0.2) is 0 Å². The molecule has 1 aliphatic heterocycles. The maximum Gasteiger partial charge on any atom is 0.387 e. The average Bonchev–Trinajstić information content (AvgIpc) is 2.71. The van der Waals surface area contributed by atoms with Crippen LogP contribution in [0.15, 0.2) is 24.3 Å². The normalized spacial score (nSPS) is 19.4. The first kappa shape index (κ1) is 22.0. The molecule has 0 spiro atoms. The Hall–Kier alpha value is -1.73. The van der Waals surface area contributed by atoms with Crippen LogP contribution in [0.3, 0.4) is 0 Å². The average molecular weight is 411 g/mol. The van der Waals surface area contributed by atoms with Crippen LogP contribution in [0.4, 0.5) is 8.78 Å². The molecule has 1 N–H and O–H groups in total. The van der Waals surface area contributed by atoms with Crippen molar-refractivity contribution in [1.82, 2.24) is 10.2 Å². The van der Waals surface area contributed by atoms with Crippen LogP contribution in [0.5, 0.6) is 5.75 Å². The highest BCUT2D eigenvalue weighted by molar-refractivity contribution is 5.78. The molecule has 0 bridgehead atoms. The monoisotopic (exact) mass is 410 g/mol. The fraction of sp³-hybridized carbons (Fsp3) is 0.682. The Labute approximate surface area is 171 Å². The van der Waals surface area contributed by atoms with Gasteiger partial charge >= 0.3 is 6.61 Å². The van der Waals surface area contributed by atoms with Gasteiger partial charge in [0, 0.05) is 19.6 Å². The fourth-order valence-corrected chi connectivity index (χ4v) is 4.12. The molecule has 1 amide bonds. The van der Waals surface area contributed by atoms with E-state index in [0.29, 0.717) is 31.7 Å². The first-order valence-electron chi connectivity index (χ1n) is 10.8. The lowest BCUT2D eigenvalue weighted by atomic mass is 9.97. The molecular formula is C22H32F2N2O3. The standard InChI is InChI=1S/C22H32F2N2O3/c23-22(24)29-19-8-6-17(7-9-19)10-13-25-21(27)16-26-14-11-20(12-15-26)28-18-4-2-1-3-5-18/h6-9,18,20,22H,1-5,10-16H2,(H,25,27). The molecule has 1 aromatic carbocycles. The van der Waals surface area contributed by atoms with Gasteiger partial charge < -0.3 is 14.8 Å². The second-order valence-electron chi connectivity index (χ2n) is 7.99. The first-order chi connectivity index (χ1) is 14.1. The van der Waals surface area contributed by atoms with Crippen LogP contribution in [-0.4, -0.2) is 55.8 Å². The van der Waals surface area contributed by atoms with Crippen LogP contribution in [0.1, 0.15) is 50.5 Å². The third-order valence-electron chi connectivity index (χ3n) is 5.72. The molecule has 1 saturated heterocycles. The molecule has 162 valence electrons. The zero-order chi connectivity index (χ0) is 20.5. The maximum absolute atomic E-state index is 12.2. The van der Waals surface area contributed by atoms with Crippen molar-refractivity contribution in [2.45, 2.75) is 70.2 Å². The van der Waals surface area contributed by atoms with Crippen molar-refractivity contribution in [3.63, 3.8) is 0 Å². The number of carbonyl (C=O) groups excluding carboxylic acids is 1. The van der Waals surface area contributed by atoms with Crippen molar-refractivity contribution >= 4 is 5.91 Å². The second kappa shape index (κ2) is 11.5. The molecule has 0 unspecified atom stereocenters. The molecule has 5 nitrogen and oxygen atoms in total. The number of halogens is 2. The van der Waals surface area contributed by atoms with Crippen LogP contribution >= 0.6 is 0 Å². The van der Waals surface area contributed by atoms with Gasteiger partial charge in [0.2, 0.25) is 5.91 Å². The molecule has 1 aliphatic carbocycles. The third-order valence-corrected chi connectivity index (χ3v) is 5.72. The van der Waals surface area contributed by atoms with Crippen molar-refractivity contribution in [2.24, 2.45) is 0 Å². The van der Waals surface area contributed by atoms with E-state index < -0.39 is 6.61 Å². The molecule has 0 atom stereocenters. The van der Waals surface area contributed by atoms with Crippen LogP contribution in [0, 0.1) is 0 Å². The van der Waals surface area contributed by atoms with E-state index in [2.05, 4.69) is 15.0 Å². The van der Waals surface area contributed by atoms with Gasteiger partial charge in [-0.2, -0.15) is 8.78 Å². The summed E-state index contributed by atoms with van der Waals surface area (Å²) in [5.74, 6) is 0.165. The smallest absolute Gasteiger partial charge is 0.387 e. The number of likely N-dealkylation sites (tertiary alicyclic amines) is 1. The summed E-state index contributed by atoms with van der Waals surface area (Å²) in [6.45, 7) is -0.0803. The van der Waals surface area contributed by atoms with E-state index in [1.807, 2.05) is 0 Å². The Kier molecular flexibility index (Phi) is 8.68. The van der Waals surface area contributed by atoms with Crippen molar-refractivity contribution in [3.05, 3.63) is 29.8 Å². The molecule has 7 heteroatoms. The molecule has 1 aromatic rings. The lowest BCUT2D eigenvalue weighted by molar-refractivity contribution is -0.123. The molecule has 29 heavy (non-hydrogen) atoms. The molecule has 1 heterocycles. The van der Waals surface area contributed by atoms with Gasteiger partial charge in [0.1, 0.15) is 5.75 Å². The summed E-state index contributed by atoms with van der Waals surface area (Å²) >= 11 is 0. The topological polar surface area (TPSA) is 50.8 Å². The number of ether oxygens (including phenoxy) is 2. The van der Waals surface area contributed by atoms with Crippen molar-refractivity contribution in [3.8, 4) is 5.75 Å². The number of carbonyl (C=O) groups is 1. The highest BCUT2D eigenvalue weighted by atomic mass is 19.3. The summed E-state index contributed by atoms with van der Waals surface area (Å²) in [5, 5.41) is 2.94. The largest absolute Gasteiger partial charge is 0.435 e. The Morgan fingerprint density at radius 3 is 2.34 bits per heavy atom. The third kappa shape index (κ3) is 7.90. The van der Waals surface area contributed by atoms with E-state index >= 15 is 0 Å². The van der Waals surface area contributed by atoms with Crippen molar-refractivity contribution < 1.29 is 23.0 Å². The zero-order valence-corrected chi connectivity index (χ0v) is 17.0. The highest BCUT2D eigenvalue weighted by Crippen LogP contribution is 2.24. The number of hydrogen-bond acceptors (Lipinski definition) is 4. The van der Waals surface area contributed by atoms with Crippen LogP contribution in [0.2, 0.25) is 0 Å². The highest BCUT2D eigenvalue weighted by Gasteiger charge is 2.24. The Morgan fingerprint density at radius 2 is 1.69 bits per heavy atom. The quantitative estimate of drug-likeness (QED) is 0.674. The predicted octanol–water partition coefficient (Wildman–Crippen LogP) is 3.76. The first-order valence-corrected chi connectivity index (χ1v) is 10.8. The second-order valence-corrected chi connectivity index (χ2v) is 7.99. The molecular weight excluding hydrogens is 378 g/mol. The van der Waals surface area contributed by atoms with Gasteiger partial charge in [-0.1, -0.05) is 31.4 Å². The van der Waals surface area contributed by atoms with Crippen molar-refractivity contribution in [1.29, 1.82) is 0 Å². The van der Waals surface area contributed by atoms with Crippen LogP contribution in [-0.2, 0) is 16.0 Å². The molecule has 3 rings (SSSR count). The van der Waals surface area contributed by atoms with Gasteiger partial charge in [0.25, 0.3) is 0 Å². The van der Waals surface area contributed by atoms with E-state index in [0.717, 1.165) is 31.5 Å². The van der Waals surface area contributed by atoms with Gasteiger partial charge in [-0.15, -0.1) is 0 Å². The molecule has 2 fully saturated rings. The molecule has 0 radical (unpaired) electrons. The van der Waals surface area contributed by atoms with Gasteiger partial charge in [0.15, 0.2) is 0 Å². The minimum Gasteiger partial charge on any atom is -0.435 e. The summed E-state index contributed by atoms with van der Waals surface area (Å²) < 4.78 is 34.9. The van der Waals surface area contributed by atoms with E-state index in [9.17, 15) is 13.6 Å². The van der Waals surface area contributed by atoms with Gasteiger partial charge in [0.05, 0.1) is 18.8 Å². The maximum atomic E-state index is 12.2. The number of hydrogen-bond donors (Lipinski definition) is 1. The van der Waals surface area contributed by atoms with Crippen molar-refractivity contribution in [2.75, 3.05) is 26.2 Å². The molecule has 0 aromatic heterocycles. The number of rotatable bonds is 9. The fourth-order valence-electron chi connectivity index (χ4n) is 4.12. The Morgan fingerprint density at radius 1 is 1.03 bits per heavy atom. The minimum absolute atomic E-state index is 0.0225. The number of alkyl halides is 2. The zero-order valence-electron chi connectivity index (χ0n) is 17.0. The van der Waals surface area contributed by atoms with E-state index in [1.54, 1.807) is 12.1 Å². The van der Waals surface area contributed by atoms with Crippen LogP contribution in [0.25, 0.3) is 0 Å². The van der Waals surface area contributed by atoms with E-state index in [1.165, 1.54) is 44.2 Å². The van der Waals surface area contributed by atoms with Crippen LogP contribution < -0.4 is 10.1 Å². The SMILES string of the molecule is O=C(CN1CCC(OC2CCCCC2)CC1)NCCc1ccc(OC(F)F)cc1. The van der Waals surface area contributed by atoms with E-state index in [-0.39, 0.29) is 11.7 Å². The minimum atomic E-state index is -2.82. The summed E-state index contributed by atoms with van der Waals surface area (Å²) in [6.07, 6.45) is 9.75.